The van der Waals surface area contributed by atoms with Gasteiger partial charge in [-0.2, -0.15) is 13.2 Å². The predicted molar refractivity (Wildman–Crippen MR) is 79.8 cm³/mol. The fourth-order valence-electron chi connectivity index (χ4n) is 3.85. The summed E-state index contributed by atoms with van der Waals surface area (Å²) in [6.45, 7) is 2.17. The first-order chi connectivity index (χ1) is 9.49. The van der Waals surface area contributed by atoms with Crippen molar-refractivity contribution in [1.29, 1.82) is 0 Å². The second-order valence-electron chi connectivity index (χ2n) is 6.31. The summed E-state index contributed by atoms with van der Waals surface area (Å²) >= 11 is 0. The van der Waals surface area contributed by atoms with Crippen LogP contribution in [0.3, 0.4) is 0 Å². The zero-order valence-corrected chi connectivity index (χ0v) is 12.7. The van der Waals surface area contributed by atoms with Gasteiger partial charge in [0.25, 0.3) is 0 Å². The smallest absolute Gasteiger partial charge is 0.317 e. The zero-order valence-electron chi connectivity index (χ0n) is 11.9. The average molecular weight is 320 g/mol. The van der Waals surface area contributed by atoms with Crippen LogP contribution in [0.15, 0.2) is 24.3 Å². The SMILES string of the molecule is Cl.FC(F)(F)c1ccc(C2CCC3(CCNCC3)C2)cc1. The fourth-order valence-corrected chi connectivity index (χ4v) is 3.85. The summed E-state index contributed by atoms with van der Waals surface area (Å²) in [6.07, 6.45) is 1.67. The molecule has 1 unspecified atom stereocenters. The van der Waals surface area contributed by atoms with Gasteiger partial charge in [-0.3, -0.25) is 0 Å². The molecule has 118 valence electrons. The Kier molecular flexibility index (Phi) is 4.89. The van der Waals surface area contributed by atoms with Gasteiger partial charge in [0.05, 0.1) is 5.56 Å². The van der Waals surface area contributed by atoms with Crippen molar-refractivity contribution in [3.8, 4) is 0 Å². The Morgan fingerprint density at radius 3 is 2.19 bits per heavy atom. The van der Waals surface area contributed by atoms with E-state index in [2.05, 4.69) is 5.32 Å². The number of benzene rings is 1. The third-order valence-corrected chi connectivity index (χ3v) is 5.08. The van der Waals surface area contributed by atoms with E-state index < -0.39 is 11.7 Å². The van der Waals surface area contributed by atoms with Crippen molar-refractivity contribution >= 4 is 12.4 Å². The van der Waals surface area contributed by atoms with E-state index in [1.807, 2.05) is 0 Å². The Morgan fingerprint density at radius 2 is 1.62 bits per heavy atom. The second-order valence-corrected chi connectivity index (χ2v) is 6.31. The summed E-state index contributed by atoms with van der Waals surface area (Å²) in [6, 6.07) is 5.80. The minimum atomic E-state index is -4.23. The molecule has 1 aromatic rings. The predicted octanol–water partition coefficient (Wildman–Crippen LogP) is 4.76. The molecule has 3 rings (SSSR count). The van der Waals surface area contributed by atoms with Gasteiger partial charge in [-0.1, -0.05) is 12.1 Å². The summed E-state index contributed by atoms with van der Waals surface area (Å²) < 4.78 is 37.7. The summed E-state index contributed by atoms with van der Waals surface area (Å²) in [7, 11) is 0. The molecule has 1 heterocycles. The third kappa shape index (κ3) is 3.54. The van der Waals surface area contributed by atoms with Crippen LogP contribution >= 0.6 is 12.4 Å². The highest BCUT2D eigenvalue weighted by atomic mass is 35.5. The molecule has 1 atom stereocenters. The molecule has 5 heteroatoms. The van der Waals surface area contributed by atoms with E-state index in [1.165, 1.54) is 31.4 Å². The van der Waals surface area contributed by atoms with Gasteiger partial charge in [-0.05, 0) is 74.2 Å². The number of piperidine rings is 1. The van der Waals surface area contributed by atoms with Crippen LogP contribution in [0.2, 0.25) is 0 Å². The Morgan fingerprint density at radius 1 is 1.00 bits per heavy atom. The summed E-state index contributed by atoms with van der Waals surface area (Å²) in [4.78, 5) is 0. The lowest BCUT2D eigenvalue weighted by Crippen LogP contribution is -2.35. The van der Waals surface area contributed by atoms with E-state index in [9.17, 15) is 13.2 Å². The molecule has 2 aliphatic rings. The molecule has 0 aromatic heterocycles. The van der Waals surface area contributed by atoms with Crippen molar-refractivity contribution in [2.24, 2.45) is 5.41 Å². The van der Waals surface area contributed by atoms with Gasteiger partial charge >= 0.3 is 6.18 Å². The molecule has 1 aromatic carbocycles. The van der Waals surface area contributed by atoms with Gasteiger partial charge in [0, 0.05) is 0 Å². The molecule has 1 nitrogen and oxygen atoms in total. The molecule has 1 spiro atoms. The maximum atomic E-state index is 12.6. The second kappa shape index (κ2) is 6.17. The van der Waals surface area contributed by atoms with Crippen LogP contribution in [0.1, 0.15) is 49.1 Å². The van der Waals surface area contributed by atoms with Crippen LogP contribution in [0.4, 0.5) is 13.2 Å². The topological polar surface area (TPSA) is 12.0 Å². The van der Waals surface area contributed by atoms with Gasteiger partial charge in [0.2, 0.25) is 0 Å². The first-order valence-electron chi connectivity index (χ1n) is 7.36. The monoisotopic (exact) mass is 319 g/mol. The number of hydrogen-bond acceptors (Lipinski definition) is 1. The molecular formula is C16H21ClF3N. The van der Waals surface area contributed by atoms with E-state index >= 15 is 0 Å². The van der Waals surface area contributed by atoms with Gasteiger partial charge < -0.3 is 5.32 Å². The van der Waals surface area contributed by atoms with Crippen LogP contribution in [0.5, 0.6) is 0 Å². The number of nitrogens with one attached hydrogen (secondary N) is 1. The maximum absolute atomic E-state index is 12.6. The molecule has 2 fully saturated rings. The maximum Gasteiger partial charge on any atom is 0.416 e. The number of hydrogen-bond donors (Lipinski definition) is 1. The van der Waals surface area contributed by atoms with Crippen molar-refractivity contribution in [2.45, 2.75) is 44.2 Å². The van der Waals surface area contributed by atoms with Crippen LogP contribution < -0.4 is 5.32 Å². The first-order valence-corrected chi connectivity index (χ1v) is 7.36. The van der Waals surface area contributed by atoms with Crippen molar-refractivity contribution in [2.75, 3.05) is 13.1 Å². The lowest BCUT2D eigenvalue weighted by molar-refractivity contribution is -0.137. The highest BCUT2D eigenvalue weighted by Crippen LogP contribution is 2.51. The molecule has 21 heavy (non-hydrogen) atoms. The van der Waals surface area contributed by atoms with Crippen LogP contribution in [-0.4, -0.2) is 13.1 Å². The summed E-state index contributed by atoms with van der Waals surface area (Å²) in [5.74, 6) is 0.440. The molecule has 1 aliphatic heterocycles. The van der Waals surface area contributed by atoms with E-state index in [0.29, 0.717) is 11.3 Å². The molecule has 1 aliphatic carbocycles. The largest absolute Gasteiger partial charge is 0.416 e. The van der Waals surface area contributed by atoms with Crippen LogP contribution in [0, 0.1) is 5.41 Å². The fraction of sp³-hybridized carbons (Fsp3) is 0.625. The minimum absolute atomic E-state index is 0. The van der Waals surface area contributed by atoms with Gasteiger partial charge in [-0.15, -0.1) is 12.4 Å². The van der Waals surface area contributed by atoms with Crippen molar-refractivity contribution in [3.05, 3.63) is 35.4 Å². The van der Waals surface area contributed by atoms with Crippen molar-refractivity contribution < 1.29 is 13.2 Å². The van der Waals surface area contributed by atoms with E-state index in [4.69, 9.17) is 0 Å². The standard InChI is InChI=1S/C16H20F3N.ClH/c17-16(18,19)14-3-1-12(2-4-14)13-5-6-15(11-13)7-9-20-10-8-15;/h1-4,13,20H,5-11H2;1H. The van der Waals surface area contributed by atoms with E-state index in [0.717, 1.165) is 31.5 Å². The number of alkyl halides is 3. The Hall–Kier alpha value is -0.740. The highest BCUT2D eigenvalue weighted by molar-refractivity contribution is 5.85. The molecule has 1 saturated heterocycles. The summed E-state index contributed by atoms with van der Waals surface area (Å²) in [5, 5.41) is 3.39. The summed E-state index contributed by atoms with van der Waals surface area (Å²) in [5.41, 5.74) is 0.975. The Labute approximate surface area is 129 Å². The Balaban J connectivity index is 0.00000161. The normalized spacial score (nSPS) is 24.8. The molecule has 0 bridgehead atoms. The van der Waals surface area contributed by atoms with Crippen molar-refractivity contribution in [3.63, 3.8) is 0 Å². The average Bonchev–Trinajstić information content (AvgIpc) is 2.83. The van der Waals surface area contributed by atoms with Crippen LogP contribution in [0.25, 0.3) is 0 Å². The third-order valence-electron chi connectivity index (χ3n) is 5.08. The molecular weight excluding hydrogens is 299 g/mol. The molecule has 1 N–H and O–H groups in total. The Bertz CT molecular complexity index is 463. The molecule has 0 radical (unpaired) electrons. The van der Waals surface area contributed by atoms with Gasteiger partial charge in [0.15, 0.2) is 0 Å². The quantitative estimate of drug-likeness (QED) is 0.786. The van der Waals surface area contributed by atoms with Crippen LogP contribution in [-0.2, 0) is 6.18 Å². The first kappa shape index (κ1) is 16.6. The highest BCUT2D eigenvalue weighted by Gasteiger charge is 2.40. The van der Waals surface area contributed by atoms with Crippen molar-refractivity contribution in [1.82, 2.24) is 5.32 Å². The molecule has 1 saturated carbocycles. The van der Waals surface area contributed by atoms with E-state index in [-0.39, 0.29) is 12.4 Å². The van der Waals surface area contributed by atoms with Gasteiger partial charge in [0.1, 0.15) is 0 Å². The number of halogens is 4. The van der Waals surface area contributed by atoms with E-state index in [1.54, 1.807) is 12.1 Å². The zero-order chi connectivity index (χ0) is 14.2. The number of rotatable bonds is 1. The molecule has 0 amide bonds. The minimum Gasteiger partial charge on any atom is -0.317 e. The lowest BCUT2D eigenvalue weighted by Gasteiger charge is -2.34. The van der Waals surface area contributed by atoms with Gasteiger partial charge in [-0.25, -0.2) is 0 Å². The lowest BCUT2D eigenvalue weighted by atomic mass is 9.76.